The summed E-state index contributed by atoms with van der Waals surface area (Å²) < 4.78 is 8.29. The maximum absolute atomic E-state index is 5.36. The van der Waals surface area contributed by atoms with Gasteiger partial charge in [0.2, 0.25) is 0 Å². The average molecular weight is 299 g/mol. The molecule has 2 aromatic heterocycles. The third-order valence-electron chi connectivity index (χ3n) is 3.09. The van der Waals surface area contributed by atoms with E-state index in [1.165, 1.54) is 32.3 Å². The third kappa shape index (κ3) is 3.27. The zero-order chi connectivity index (χ0) is 12.2. The first-order valence-corrected chi connectivity index (χ1v) is 9.00. The predicted octanol–water partition coefficient (Wildman–Crippen LogP) is 3.78. The molecule has 0 radical (unpaired) electrons. The Hall–Kier alpha value is -0.0700. The number of morpholine rings is 1. The van der Waals surface area contributed by atoms with E-state index in [4.69, 9.17) is 4.74 Å². The summed E-state index contributed by atoms with van der Waals surface area (Å²) in [4.78, 5) is 2.51. The zero-order valence-corrected chi connectivity index (χ0v) is 12.7. The number of hydrogen-bond acceptors (Lipinski definition) is 5. The van der Waals surface area contributed by atoms with Crippen LogP contribution in [0.25, 0.3) is 9.40 Å². The second-order valence-electron chi connectivity index (χ2n) is 4.38. The summed E-state index contributed by atoms with van der Waals surface area (Å²) >= 11 is 5.80. The quantitative estimate of drug-likeness (QED) is 0.616. The highest BCUT2D eigenvalue weighted by molar-refractivity contribution is 8.01. The average Bonchev–Trinajstić information content (AvgIpc) is 2.96. The molecule has 1 saturated heterocycles. The summed E-state index contributed by atoms with van der Waals surface area (Å²) in [6.45, 7) is 5.26. The largest absolute Gasteiger partial charge is 0.379 e. The van der Waals surface area contributed by atoms with E-state index < -0.39 is 0 Å². The van der Waals surface area contributed by atoms with Gasteiger partial charge in [-0.3, -0.25) is 4.90 Å². The van der Waals surface area contributed by atoms with Gasteiger partial charge in [-0.25, -0.2) is 0 Å². The summed E-state index contributed by atoms with van der Waals surface area (Å²) in [7, 11) is 0. The van der Waals surface area contributed by atoms with Crippen LogP contribution in [0.4, 0.5) is 0 Å². The smallest absolute Gasteiger partial charge is 0.0876 e. The minimum Gasteiger partial charge on any atom is -0.379 e. The Morgan fingerprint density at radius 2 is 2.22 bits per heavy atom. The summed E-state index contributed by atoms with van der Waals surface area (Å²) in [5.74, 6) is 1.23. The van der Waals surface area contributed by atoms with Crippen molar-refractivity contribution in [3.8, 4) is 0 Å². The van der Waals surface area contributed by atoms with Crippen LogP contribution in [-0.4, -0.2) is 43.5 Å². The number of rotatable bonds is 5. The Balaban J connectivity index is 1.40. The summed E-state index contributed by atoms with van der Waals surface area (Å²) in [6.07, 6.45) is 1.27. The maximum atomic E-state index is 5.36. The highest BCUT2D eigenvalue weighted by Gasteiger charge is 2.09. The van der Waals surface area contributed by atoms with E-state index in [0.717, 1.165) is 26.3 Å². The van der Waals surface area contributed by atoms with Crippen molar-refractivity contribution in [2.24, 2.45) is 0 Å². The van der Waals surface area contributed by atoms with Crippen molar-refractivity contribution < 1.29 is 4.74 Å². The molecule has 0 bridgehead atoms. The molecule has 0 N–H and O–H groups in total. The summed E-state index contributed by atoms with van der Waals surface area (Å²) in [5.41, 5.74) is 0. The van der Waals surface area contributed by atoms with Crippen LogP contribution < -0.4 is 0 Å². The fourth-order valence-corrected chi connectivity index (χ4v) is 5.52. The van der Waals surface area contributed by atoms with Crippen molar-refractivity contribution in [3.05, 3.63) is 17.5 Å². The number of fused-ring (bicyclic) bond motifs is 1. The zero-order valence-electron chi connectivity index (χ0n) is 10.3. The molecule has 2 aromatic rings. The standard InChI is InChI=1S/C13H17NOS3/c1(3-14-4-6-15-7-5-14)8-16-12-10-11-2-9-17-13(11)18-12/h2,9-10H,1,3-8H2. The molecule has 2 nitrogen and oxygen atoms in total. The van der Waals surface area contributed by atoms with Gasteiger partial charge in [0.05, 0.1) is 21.4 Å². The van der Waals surface area contributed by atoms with Gasteiger partial charge in [-0.05, 0) is 30.5 Å². The molecule has 3 rings (SSSR count). The van der Waals surface area contributed by atoms with E-state index >= 15 is 0 Å². The Kier molecular flexibility index (Phi) is 4.59. The van der Waals surface area contributed by atoms with E-state index in [-0.39, 0.29) is 0 Å². The lowest BCUT2D eigenvalue weighted by atomic mass is 10.4. The predicted molar refractivity (Wildman–Crippen MR) is 82.3 cm³/mol. The lowest BCUT2D eigenvalue weighted by Gasteiger charge is -2.26. The first kappa shape index (κ1) is 12.9. The monoisotopic (exact) mass is 299 g/mol. The number of thiophene rings is 2. The van der Waals surface area contributed by atoms with Gasteiger partial charge in [-0.15, -0.1) is 34.4 Å². The van der Waals surface area contributed by atoms with Crippen molar-refractivity contribution in [2.75, 3.05) is 38.6 Å². The molecular weight excluding hydrogens is 282 g/mol. The molecule has 1 aliphatic rings. The van der Waals surface area contributed by atoms with Crippen LogP contribution in [0.3, 0.4) is 0 Å². The van der Waals surface area contributed by atoms with Crippen molar-refractivity contribution >= 4 is 43.8 Å². The van der Waals surface area contributed by atoms with Crippen LogP contribution in [0.2, 0.25) is 0 Å². The van der Waals surface area contributed by atoms with Crippen LogP contribution >= 0.6 is 34.4 Å². The van der Waals surface area contributed by atoms with E-state index in [9.17, 15) is 0 Å². The number of thioether (sulfide) groups is 1. The van der Waals surface area contributed by atoms with Crippen molar-refractivity contribution in [1.82, 2.24) is 4.90 Å². The molecule has 18 heavy (non-hydrogen) atoms. The van der Waals surface area contributed by atoms with Crippen LogP contribution in [0.1, 0.15) is 6.42 Å². The van der Waals surface area contributed by atoms with E-state index in [1.54, 1.807) is 0 Å². The number of nitrogens with zero attached hydrogens (tertiary/aromatic N) is 1. The second-order valence-corrected chi connectivity index (χ2v) is 8.01. The minimum atomic E-state index is 0.911. The SMILES string of the molecule is c1cc2cc(SCCCN3CCOCC3)sc2s1. The molecule has 0 atom stereocenters. The first-order chi connectivity index (χ1) is 8.92. The van der Waals surface area contributed by atoms with Gasteiger partial charge in [0.25, 0.3) is 0 Å². The molecule has 5 heteroatoms. The molecule has 1 fully saturated rings. The van der Waals surface area contributed by atoms with E-state index in [0.29, 0.717) is 0 Å². The second kappa shape index (κ2) is 6.39. The molecule has 0 amide bonds. The summed E-state index contributed by atoms with van der Waals surface area (Å²) in [6, 6.07) is 4.55. The van der Waals surface area contributed by atoms with Gasteiger partial charge >= 0.3 is 0 Å². The Labute approximate surface area is 120 Å². The molecule has 0 aromatic carbocycles. The fourth-order valence-electron chi connectivity index (χ4n) is 2.10. The van der Waals surface area contributed by atoms with Gasteiger partial charge in [0, 0.05) is 24.2 Å². The fraction of sp³-hybridized carbons (Fsp3) is 0.538. The van der Waals surface area contributed by atoms with E-state index in [2.05, 4.69) is 22.4 Å². The van der Waals surface area contributed by atoms with Crippen molar-refractivity contribution in [2.45, 2.75) is 10.6 Å². The van der Waals surface area contributed by atoms with Crippen LogP contribution in [0.5, 0.6) is 0 Å². The molecule has 0 spiro atoms. The van der Waals surface area contributed by atoms with E-state index in [1.807, 2.05) is 34.4 Å². The molecule has 0 aliphatic carbocycles. The van der Waals surface area contributed by atoms with Gasteiger partial charge in [-0.2, -0.15) is 0 Å². The Morgan fingerprint density at radius 3 is 3.06 bits per heavy atom. The first-order valence-electron chi connectivity index (χ1n) is 6.32. The highest BCUT2D eigenvalue weighted by atomic mass is 32.2. The van der Waals surface area contributed by atoms with Crippen LogP contribution in [-0.2, 0) is 4.74 Å². The van der Waals surface area contributed by atoms with Crippen LogP contribution in [0, 0.1) is 0 Å². The Bertz CT molecular complexity index is 459. The lowest BCUT2D eigenvalue weighted by molar-refractivity contribution is 0.0381. The third-order valence-corrected chi connectivity index (χ3v) is 6.59. The number of ether oxygens (including phenoxy) is 1. The molecule has 98 valence electrons. The number of hydrogen-bond donors (Lipinski definition) is 0. The van der Waals surface area contributed by atoms with Crippen LogP contribution in [0.15, 0.2) is 21.7 Å². The lowest BCUT2D eigenvalue weighted by Crippen LogP contribution is -2.36. The van der Waals surface area contributed by atoms with Crippen molar-refractivity contribution in [3.63, 3.8) is 0 Å². The maximum Gasteiger partial charge on any atom is 0.0876 e. The molecular formula is C13H17NOS3. The van der Waals surface area contributed by atoms with Crippen molar-refractivity contribution in [1.29, 1.82) is 0 Å². The van der Waals surface area contributed by atoms with Gasteiger partial charge in [0.15, 0.2) is 0 Å². The summed E-state index contributed by atoms with van der Waals surface area (Å²) in [5, 5.41) is 3.59. The van der Waals surface area contributed by atoms with Gasteiger partial charge in [-0.1, -0.05) is 0 Å². The normalized spacial score (nSPS) is 17.6. The molecule has 3 heterocycles. The highest BCUT2D eigenvalue weighted by Crippen LogP contribution is 2.36. The molecule has 0 unspecified atom stereocenters. The molecule has 1 aliphatic heterocycles. The topological polar surface area (TPSA) is 12.5 Å². The molecule has 0 saturated carbocycles. The Morgan fingerprint density at radius 1 is 1.33 bits per heavy atom. The van der Waals surface area contributed by atoms with Gasteiger partial charge < -0.3 is 4.74 Å². The minimum absolute atomic E-state index is 0.911. The van der Waals surface area contributed by atoms with Gasteiger partial charge in [0.1, 0.15) is 0 Å².